The maximum Gasteiger partial charge on any atom is 0.236 e. The molecule has 6 heteroatoms. The topological polar surface area (TPSA) is 81.4 Å². The number of hydrogen-bond donors (Lipinski definition) is 2. The zero-order valence-electron chi connectivity index (χ0n) is 11.7. The number of nitrogens with two attached hydrogens (primary N) is 1. The Balaban J connectivity index is 2.06. The summed E-state index contributed by atoms with van der Waals surface area (Å²) in [7, 11) is -3.48. The van der Waals surface area contributed by atoms with Crippen molar-refractivity contribution < 1.29 is 13.2 Å². The Morgan fingerprint density at radius 2 is 1.86 bits per heavy atom. The molecule has 2 rings (SSSR count). The third-order valence-corrected chi connectivity index (χ3v) is 4.01. The van der Waals surface area contributed by atoms with Crippen molar-refractivity contribution in [1.82, 2.24) is 0 Å². The summed E-state index contributed by atoms with van der Waals surface area (Å²) in [6.45, 7) is 2.46. The van der Waals surface area contributed by atoms with Gasteiger partial charge in [0.05, 0.1) is 12.4 Å². The Bertz CT molecular complexity index is 697. The third kappa shape index (κ3) is 4.68. The lowest BCUT2D eigenvalue weighted by Crippen LogP contribution is -2.15. The first-order chi connectivity index (χ1) is 9.98. The van der Waals surface area contributed by atoms with Crippen molar-refractivity contribution in [2.45, 2.75) is 12.7 Å². The second kappa shape index (κ2) is 6.49. The fraction of sp³-hybridized carbons (Fsp3) is 0.200. The molecule has 2 aromatic rings. The smallest absolute Gasteiger partial charge is 0.236 e. The fourth-order valence-corrected chi connectivity index (χ4v) is 3.09. The minimum atomic E-state index is -3.48. The van der Waals surface area contributed by atoms with Crippen LogP contribution in [0.4, 0.5) is 11.4 Å². The number of rotatable bonds is 6. The van der Waals surface area contributed by atoms with Crippen LogP contribution in [0.3, 0.4) is 0 Å². The number of nitrogen functional groups attached to an aromatic ring is 1. The van der Waals surface area contributed by atoms with Gasteiger partial charge in [-0.15, -0.1) is 0 Å². The molecule has 0 aliphatic carbocycles. The number of hydrogen-bond acceptors (Lipinski definition) is 4. The van der Waals surface area contributed by atoms with Crippen LogP contribution in [0.15, 0.2) is 48.5 Å². The van der Waals surface area contributed by atoms with Crippen LogP contribution in [-0.4, -0.2) is 15.0 Å². The van der Waals surface area contributed by atoms with Gasteiger partial charge in [-0.25, -0.2) is 8.42 Å². The van der Waals surface area contributed by atoms with Gasteiger partial charge < -0.3 is 10.5 Å². The summed E-state index contributed by atoms with van der Waals surface area (Å²) in [5, 5.41) is 0. The van der Waals surface area contributed by atoms with Crippen molar-refractivity contribution in [3.8, 4) is 5.75 Å². The van der Waals surface area contributed by atoms with Crippen LogP contribution in [0, 0.1) is 0 Å². The summed E-state index contributed by atoms with van der Waals surface area (Å²) in [5.74, 6) is 0.585. The predicted molar refractivity (Wildman–Crippen MR) is 84.7 cm³/mol. The Morgan fingerprint density at radius 1 is 1.14 bits per heavy atom. The minimum absolute atomic E-state index is 0.120. The zero-order valence-corrected chi connectivity index (χ0v) is 12.6. The fourth-order valence-electron chi connectivity index (χ4n) is 1.90. The summed E-state index contributed by atoms with van der Waals surface area (Å²) in [4.78, 5) is 0. The lowest BCUT2D eigenvalue weighted by Gasteiger charge is -2.09. The Kier molecular flexibility index (Phi) is 4.70. The molecule has 0 saturated carbocycles. The Morgan fingerprint density at radius 3 is 2.48 bits per heavy atom. The molecule has 0 aliphatic rings. The number of sulfonamides is 1. The number of benzene rings is 2. The third-order valence-electron chi connectivity index (χ3n) is 2.75. The van der Waals surface area contributed by atoms with E-state index in [2.05, 4.69) is 4.72 Å². The number of nitrogens with one attached hydrogen (secondary N) is 1. The van der Waals surface area contributed by atoms with E-state index in [9.17, 15) is 8.42 Å². The van der Waals surface area contributed by atoms with E-state index in [1.807, 2.05) is 6.92 Å². The average molecular weight is 306 g/mol. The molecule has 2 aromatic carbocycles. The highest BCUT2D eigenvalue weighted by atomic mass is 32.2. The molecule has 0 heterocycles. The van der Waals surface area contributed by atoms with Gasteiger partial charge >= 0.3 is 0 Å². The van der Waals surface area contributed by atoms with Crippen molar-refractivity contribution in [2.24, 2.45) is 0 Å². The first-order valence-corrected chi connectivity index (χ1v) is 8.21. The molecule has 0 aromatic heterocycles. The lowest BCUT2D eigenvalue weighted by atomic mass is 10.2. The number of anilines is 2. The Labute approximate surface area is 124 Å². The van der Waals surface area contributed by atoms with Crippen LogP contribution < -0.4 is 15.2 Å². The maximum absolute atomic E-state index is 12.1. The zero-order chi connectivity index (χ0) is 15.3. The van der Waals surface area contributed by atoms with Crippen LogP contribution >= 0.6 is 0 Å². The maximum atomic E-state index is 12.1. The second-order valence-corrected chi connectivity index (χ2v) is 6.29. The Hall–Kier alpha value is -2.21. The lowest BCUT2D eigenvalue weighted by molar-refractivity contribution is 0.340. The van der Waals surface area contributed by atoms with E-state index in [1.54, 1.807) is 48.5 Å². The monoisotopic (exact) mass is 306 g/mol. The van der Waals surface area contributed by atoms with Gasteiger partial charge in [-0.05, 0) is 48.9 Å². The van der Waals surface area contributed by atoms with E-state index in [-0.39, 0.29) is 5.75 Å². The highest BCUT2D eigenvalue weighted by molar-refractivity contribution is 7.91. The molecule has 0 amide bonds. The van der Waals surface area contributed by atoms with Crippen molar-refractivity contribution in [1.29, 1.82) is 0 Å². The highest BCUT2D eigenvalue weighted by Crippen LogP contribution is 2.18. The van der Waals surface area contributed by atoms with Gasteiger partial charge in [-0.3, -0.25) is 4.72 Å². The largest absolute Gasteiger partial charge is 0.494 e. The summed E-state index contributed by atoms with van der Waals surface area (Å²) in [6.07, 6.45) is 0. The van der Waals surface area contributed by atoms with Crippen molar-refractivity contribution in [3.63, 3.8) is 0 Å². The first-order valence-electron chi connectivity index (χ1n) is 6.56. The van der Waals surface area contributed by atoms with Crippen LogP contribution in [0.25, 0.3) is 0 Å². The normalized spacial score (nSPS) is 11.1. The molecule has 0 unspecified atom stereocenters. The van der Waals surface area contributed by atoms with E-state index in [0.717, 1.165) is 0 Å². The van der Waals surface area contributed by atoms with Crippen LogP contribution in [0.5, 0.6) is 5.75 Å². The van der Waals surface area contributed by atoms with E-state index in [0.29, 0.717) is 29.3 Å². The summed E-state index contributed by atoms with van der Waals surface area (Å²) in [6, 6.07) is 13.6. The number of ether oxygens (including phenoxy) is 1. The van der Waals surface area contributed by atoms with E-state index < -0.39 is 10.0 Å². The molecule has 0 radical (unpaired) electrons. The average Bonchev–Trinajstić information content (AvgIpc) is 2.40. The van der Waals surface area contributed by atoms with Crippen molar-refractivity contribution in [2.75, 3.05) is 17.1 Å². The van der Waals surface area contributed by atoms with Gasteiger partial charge in [0.1, 0.15) is 5.75 Å². The quantitative estimate of drug-likeness (QED) is 0.804. The van der Waals surface area contributed by atoms with Gasteiger partial charge in [-0.2, -0.15) is 0 Å². The van der Waals surface area contributed by atoms with Gasteiger partial charge in [0, 0.05) is 11.4 Å². The standard InChI is InChI=1S/C15H18N2O3S/c1-2-20-15-8-6-14(7-9-15)17-21(18,19)11-12-4-3-5-13(16)10-12/h3-10,17H,2,11,16H2,1H3. The van der Waals surface area contributed by atoms with Gasteiger partial charge in [-0.1, -0.05) is 12.1 Å². The molecule has 3 N–H and O–H groups in total. The minimum Gasteiger partial charge on any atom is -0.494 e. The molecular weight excluding hydrogens is 288 g/mol. The SMILES string of the molecule is CCOc1ccc(NS(=O)(=O)Cc2cccc(N)c2)cc1. The summed E-state index contributed by atoms with van der Waals surface area (Å²) in [5.41, 5.74) is 7.34. The molecular formula is C15H18N2O3S. The van der Waals surface area contributed by atoms with E-state index in [1.165, 1.54) is 0 Å². The highest BCUT2D eigenvalue weighted by Gasteiger charge is 2.12. The van der Waals surface area contributed by atoms with Crippen molar-refractivity contribution >= 4 is 21.4 Å². The van der Waals surface area contributed by atoms with E-state index >= 15 is 0 Å². The molecule has 21 heavy (non-hydrogen) atoms. The van der Waals surface area contributed by atoms with Crippen LogP contribution in [0.1, 0.15) is 12.5 Å². The van der Waals surface area contributed by atoms with Crippen LogP contribution in [-0.2, 0) is 15.8 Å². The molecule has 0 fully saturated rings. The molecule has 0 atom stereocenters. The molecule has 0 saturated heterocycles. The molecule has 112 valence electrons. The summed E-state index contributed by atoms with van der Waals surface area (Å²) >= 11 is 0. The summed E-state index contributed by atoms with van der Waals surface area (Å²) < 4.78 is 32.1. The second-order valence-electron chi connectivity index (χ2n) is 4.56. The predicted octanol–water partition coefficient (Wildman–Crippen LogP) is 2.61. The molecule has 0 bridgehead atoms. The van der Waals surface area contributed by atoms with Gasteiger partial charge in [0.15, 0.2) is 0 Å². The molecule has 0 spiro atoms. The molecule has 0 aliphatic heterocycles. The first kappa shape index (κ1) is 15.2. The van der Waals surface area contributed by atoms with Gasteiger partial charge in [0.2, 0.25) is 10.0 Å². The van der Waals surface area contributed by atoms with Crippen LogP contribution in [0.2, 0.25) is 0 Å². The van der Waals surface area contributed by atoms with E-state index in [4.69, 9.17) is 10.5 Å². The molecule has 5 nitrogen and oxygen atoms in total. The van der Waals surface area contributed by atoms with Gasteiger partial charge in [0.25, 0.3) is 0 Å². The van der Waals surface area contributed by atoms with Crippen molar-refractivity contribution in [3.05, 3.63) is 54.1 Å².